The molecule has 0 atom stereocenters. The van der Waals surface area contributed by atoms with Gasteiger partial charge in [0.15, 0.2) is 0 Å². The number of pyridine rings is 1. The maximum Gasteiger partial charge on any atom is 0.270 e. The summed E-state index contributed by atoms with van der Waals surface area (Å²) < 4.78 is 1.90. The normalized spacial score (nSPS) is 13.9. The Bertz CT molecular complexity index is 1270. The van der Waals surface area contributed by atoms with Crippen molar-refractivity contribution in [1.29, 1.82) is 0 Å². The van der Waals surface area contributed by atoms with E-state index in [0.29, 0.717) is 12.2 Å². The molecule has 0 saturated carbocycles. The SMILES string of the molecule is CCc1nc2c(C)cccn2c1C(=O)NCc1ccc(N2CCN(c3ccccc3)CC2)cc1. The van der Waals surface area contributed by atoms with Crippen LogP contribution in [0.4, 0.5) is 11.4 Å². The summed E-state index contributed by atoms with van der Waals surface area (Å²) in [5, 5.41) is 3.09. The lowest BCUT2D eigenvalue weighted by Gasteiger charge is -2.37. The summed E-state index contributed by atoms with van der Waals surface area (Å²) in [6.45, 7) is 8.57. The minimum Gasteiger partial charge on any atom is -0.368 e. The number of nitrogens with one attached hydrogen (secondary N) is 1. The van der Waals surface area contributed by atoms with Gasteiger partial charge in [-0.1, -0.05) is 43.3 Å². The van der Waals surface area contributed by atoms with Crippen LogP contribution >= 0.6 is 0 Å². The van der Waals surface area contributed by atoms with E-state index in [-0.39, 0.29) is 5.91 Å². The molecular formula is C28H31N5O. The molecule has 1 saturated heterocycles. The lowest BCUT2D eigenvalue weighted by Crippen LogP contribution is -2.46. The topological polar surface area (TPSA) is 52.9 Å². The second-order valence-electron chi connectivity index (χ2n) is 8.80. The number of imidazole rings is 1. The zero-order chi connectivity index (χ0) is 23.5. The summed E-state index contributed by atoms with van der Waals surface area (Å²) in [6.07, 6.45) is 2.63. The van der Waals surface area contributed by atoms with Crippen LogP contribution in [-0.4, -0.2) is 41.5 Å². The molecule has 174 valence electrons. The highest BCUT2D eigenvalue weighted by atomic mass is 16.1. The van der Waals surface area contributed by atoms with E-state index in [9.17, 15) is 4.79 Å². The lowest BCUT2D eigenvalue weighted by molar-refractivity contribution is 0.0944. The fraction of sp³-hybridized carbons (Fsp3) is 0.286. The Morgan fingerprint density at radius 3 is 2.18 bits per heavy atom. The Balaban J connectivity index is 1.21. The van der Waals surface area contributed by atoms with Crippen LogP contribution in [0, 0.1) is 6.92 Å². The molecular weight excluding hydrogens is 422 g/mol. The van der Waals surface area contributed by atoms with Crippen molar-refractivity contribution in [3.8, 4) is 0 Å². The van der Waals surface area contributed by atoms with E-state index in [1.807, 2.05) is 36.6 Å². The fourth-order valence-electron chi connectivity index (χ4n) is 4.69. The van der Waals surface area contributed by atoms with Crippen LogP contribution in [0.25, 0.3) is 5.65 Å². The van der Waals surface area contributed by atoms with E-state index in [1.165, 1.54) is 11.4 Å². The molecule has 1 aliphatic heterocycles. The predicted octanol–water partition coefficient (Wildman–Crippen LogP) is 4.46. The molecule has 2 aromatic carbocycles. The van der Waals surface area contributed by atoms with Crippen molar-refractivity contribution >= 4 is 22.9 Å². The van der Waals surface area contributed by atoms with Gasteiger partial charge in [0.05, 0.1) is 5.69 Å². The van der Waals surface area contributed by atoms with Crippen LogP contribution in [0.15, 0.2) is 72.9 Å². The third-order valence-corrected chi connectivity index (χ3v) is 6.62. The van der Waals surface area contributed by atoms with E-state index in [0.717, 1.165) is 55.1 Å². The van der Waals surface area contributed by atoms with Crippen molar-refractivity contribution in [1.82, 2.24) is 14.7 Å². The zero-order valence-electron chi connectivity index (χ0n) is 19.9. The largest absolute Gasteiger partial charge is 0.368 e. The van der Waals surface area contributed by atoms with Crippen molar-refractivity contribution in [3.63, 3.8) is 0 Å². The van der Waals surface area contributed by atoms with Gasteiger partial charge in [0.25, 0.3) is 5.91 Å². The third kappa shape index (κ3) is 4.36. The molecule has 0 spiro atoms. The Morgan fingerprint density at radius 2 is 1.53 bits per heavy atom. The fourth-order valence-corrected chi connectivity index (χ4v) is 4.69. The molecule has 0 radical (unpaired) electrons. The molecule has 6 nitrogen and oxygen atoms in total. The zero-order valence-corrected chi connectivity index (χ0v) is 19.9. The predicted molar refractivity (Wildman–Crippen MR) is 138 cm³/mol. The molecule has 1 amide bonds. The highest BCUT2D eigenvalue weighted by Gasteiger charge is 2.19. The van der Waals surface area contributed by atoms with Crippen LogP contribution < -0.4 is 15.1 Å². The number of anilines is 2. The first-order chi connectivity index (χ1) is 16.6. The quantitative estimate of drug-likeness (QED) is 0.468. The van der Waals surface area contributed by atoms with E-state index in [4.69, 9.17) is 0 Å². The number of rotatable bonds is 6. The standard InChI is InChI=1S/C28H31N5O/c1-3-25-26(33-15-7-8-21(2)27(33)30-25)28(34)29-20-22-11-13-24(14-12-22)32-18-16-31(17-19-32)23-9-5-4-6-10-23/h4-15H,3,16-20H2,1-2H3,(H,29,34). The number of carbonyl (C=O) groups excluding carboxylic acids is 1. The van der Waals surface area contributed by atoms with Gasteiger partial charge in [-0.15, -0.1) is 0 Å². The summed E-state index contributed by atoms with van der Waals surface area (Å²) >= 11 is 0. The third-order valence-electron chi connectivity index (χ3n) is 6.62. The van der Waals surface area contributed by atoms with Gasteiger partial charge in [-0.3, -0.25) is 9.20 Å². The first-order valence-corrected chi connectivity index (χ1v) is 12.0. The van der Waals surface area contributed by atoms with Gasteiger partial charge in [0, 0.05) is 50.3 Å². The van der Waals surface area contributed by atoms with Crippen LogP contribution in [0.1, 0.15) is 34.2 Å². The number of hydrogen-bond acceptors (Lipinski definition) is 4. The Labute approximate surface area is 200 Å². The molecule has 6 heteroatoms. The molecule has 2 aromatic heterocycles. The molecule has 1 aliphatic rings. The van der Waals surface area contributed by atoms with Crippen LogP contribution in [0.2, 0.25) is 0 Å². The number of carbonyl (C=O) groups is 1. The number of hydrogen-bond donors (Lipinski definition) is 1. The van der Waals surface area contributed by atoms with Gasteiger partial charge in [-0.05, 0) is 54.8 Å². The second-order valence-corrected chi connectivity index (χ2v) is 8.80. The number of piperazine rings is 1. The highest BCUT2D eigenvalue weighted by molar-refractivity contribution is 5.94. The number of para-hydroxylation sites is 1. The smallest absolute Gasteiger partial charge is 0.270 e. The maximum absolute atomic E-state index is 13.1. The second kappa shape index (κ2) is 9.59. The number of nitrogens with zero attached hydrogens (tertiary/aromatic N) is 4. The molecule has 1 N–H and O–H groups in total. The molecule has 3 heterocycles. The van der Waals surface area contributed by atoms with Crippen molar-refractivity contribution in [3.05, 3.63) is 95.4 Å². The van der Waals surface area contributed by atoms with E-state index >= 15 is 0 Å². The molecule has 5 rings (SSSR count). The number of amides is 1. The van der Waals surface area contributed by atoms with E-state index in [1.54, 1.807) is 0 Å². The van der Waals surface area contributed by atoms with Crippen LogP contribution in [0.3, 0.4) is 0 Å². The Kier molecular flexibility index (Phi) is 6.21. The first kappa shape index (κ1) is 22.0. The van der Waals surface area contributed by atoms with E-state index < -0.39 is 0 Å². The summed E-state index contributed by atoms with van der Waals surface area (Å²) in [5.41, 5.74) is 6.99. The minimum atomic E-state index is -0.0870. The first-order valence-electron chi connectivity index (χ1n) is 12.0. The van der Waals surface area contributed by atoms with Gasteiger partial charge in [-0.25, -0.2) is 4.98 Å². The molecule has 34 heavy (non-hydrogen) atoms. The average Bonchev–Trinajstić information content (AvgIpc) is 3.28. The number of benzene rings is 2. The van der Waals surface area contributed by atoms with E-state index in [2.05, 4.69) is 74.7 Å². The molecule has 0 unspecified atom stereocenters. The van der Waals surface area contributed by atoms with Gasteiger partial charge < -0.3 is 15.1 Å². The maximum atomic E-state index is 13.1. The van der Waals surface area contributed by atoms with Crippen LogP contribution in [-0.2, 0) is 13.0 Å². The van der Waals surface area contributed by atoms with Gasteiger partial charge in [0.1, 0.15) is 11.3 Å². The average molecular weight is 454 g/mol. The summed E-state index contributed by atoms with van der Waals surface area (Å²) in [7, 11) is 0. The number of fused-ring (bicyclic) bond motifs is 1. The lowest BCUT2D eigenvalue weighted by atomic mass is 10.1. The summed E-state index contributed by atoms with van der Waals surface area (Å²) in [4.78, 5) is 22.6. The highest BCUT2D eigenvalue weighted by Crippen LogP contribution is 2.21. The number of aryl methyl sites for hydroxylation is 2. The molecule has 0 aliphatic carbocycles. The summed E-state index contributed by atoms with van der Waals surface area (Å²) in [5.74, 6) is -0.0870. The van der Waals surface area contributed by atoms with Crippen molar-refractivity contribution in [2.75, 3.05) is 36.0 Å². The van der Waals surface area contributed by atoms with Crippen LogP contribution in [0.5, 0.6) is 0 Å². The molecule has 1 fully saturated rings. The number of aromatic nitrogens is 2. The van der Waals surface area contributed by atoms with Crippen molar-refractivity contribution in [2.24, 2.45) is 0 Å². The van der Waals surface area contributed by atoms with Crippen molar-refractivity contribution < 1.29 is 4.79 Å². The van der Waals surface area contributed by atoms with Gasteiger partial charge in [-0.2, -0.15) is 0 Å². The Hall–Kier alpha value is -3.80. The monoisotopic (exact) mass is 453 g/mol. The molecule has 4 aromatic rings. The van der Waals surface area contributed by atoms with Gasteiger partial charge >= 0.3 is 0 Å². The molecule has 0 bridgehead atoms. The minimum absolute atomic E-state index is 0.0870. The Morgan fingerprint density at radius 1 is 0.882 bits per heavy atom. The summed E-state index contributed by atoms with van der Waals surface area (Å²) in [6, 6.07) is 23.1. The van der Waals surface area contributed by atoms with Gasteiger partial charge in [0.2, 0.25) is 0 Å². The van der Waals surface area contributed by atoms with Crippen molar-refractivity contribution in [2.45, 2.75) is 26.8 Å².